The van der Waals surface area contributed by atoms with Crippen molar-refractivity contribution < 1.29 is 23.8 Å². The molecule has 130 valence electrons. The lowest BCUT2D eigenvalue weighted by molar-refractivity contribution is -0.121. The largest absolute Gasteiger partial charge is 0.497 e. The predicted molar refractivity (Wildman–Crippen MR) is 93.7 cm³/mol. The van der Waals surface area contributed by atoms with Gasteiger partial charge in [-0.15, -0.1) is 0 Å². The summed E-state index contributed by atoms with van der Waals surface area (Å²) in [6, 6.07) is 8.31. The number of carbonyl (C=O) groups is 2. The van der Waals surface area contributed by atoms with Crippen molar-refractivity contribution in [2.75, 3.05) is 32.3 Å². The van der Waals surface area contributed by atoms with Crippen LogP contribution in [0.3, 0.4) is 0 Å². The van der Waals surface area contributed by atoms with Gasteiger partial charge in [0.1, 0.15) is 16.1 Å². The third-order valence-corrected chi connectivity index (χ3v) is 4.17. The molecule has 1 aliphatic rings. The molecular weight excluding hydrogens is 392 g/mol. The Labute approximate surface area is 152 Å². The number of benzene rings is 1. The number of Topliss-reactive ketones (excluding diaryl/α,β-unsaturated/α-hetero) is 1. The highest BCUT2D eigenvalue weighted by Crippen LogP contribution is 2.32. The van der Waals surface area contributed by atoms with Crippen molar-refractivity contribution in [1.29, 1.82) is 0 Å². The number of hydrogen-bond acceptors (Lipinski definition) is 6. The maximum atomic E-state index is 12.7. The fourth-order valence-corrected chi connectivity index (χ4v) is 2.77. The van der Waals surface area contributed by atoms with E-state index >= 15 is 0 Å². The molecule has 25 heavy (non-hydrogen) atoms. The monoisotopic (exact) mass is 406 g/mol. The number of fused-ring (bicyclic) bond motifs is 1. The van der Waals surface area contributed by atoms with E-state index in [1.165, 1.54) is 19.1 Å². The zero-order valence-corrected chi connectivity index (χ0v) is 15.2. The molecule has 1 aromatic heterocycles. The molecule has 0 spiro atoms. The molecule has 0 radical (unpaired) electrons. The van der Waals surface area contributed by atoms with Crippen molar-refractivity contribution in [3.63, 3.8) is 0 Å². The van der Waals surface area contributed by atoms with Crippen LogP contribution >= 0.6 is 15.9 Å². The summed E-state index contributed by atoms with van der Waals surface area (Å²) >= 11 is 3.26. The molecular formula is C17H15BrN2O5. The van der Waals surface area contributed by atoms with Crippen LogP contribution in [0.4, 0.5) is 5.82 Å². The molecule has 7 nitrogen and oxygen atoms in total. The highest BCUT2D eigenvalue weighted by molar-refractivity contribution is 9.10. The zero-order chi connectivity index (χ0) is 18.0. The first kappa shape index (κ1) is 17.2. The summed E-state index contributed by atoms with van der Waals surface area (Å²) in [5.74, 6) is 1.12. The number of carbonyl (C=O) groups excluding carboxylic acids is 2. The number of anilines is 1. The van der Waals surface area contributed by atoms with Crippen LogP contribution in [0.15, 0.2) is 34.9 Å². The molecule has 2 heterocycles. The van der Waals surface area contributed by atoms with Crippen molar-refractivity contribution in [3.05, 3.63) is 40.5 Å². The topological polar surface area (TPSA) is 78.0 Å². The van der Waals surface area contributed by atoms with Gasteiger partial charge in [-0.25, -0.2) is 4.98 Å². The summed E-state index contributed by atoms with van der Waals surface area (Å²) in [4.78, 5) is 30.5. The lowest BCUT2D eigenvalue weighted by Crippen LogP contribution is -2.42. The molecule has 1 aliphatic heterocycles. The fraction of sp³-hybridized carbons (Fsp3) is 0.235. The molecule has 0 saturated carbocycles. The second kappa shape index (κ2) is 7.10. The van der Waals surface area contributed by atoms with Crippen molar-refractivity contribution in [3.8, 4) is 17.2 Å². The van der Waals surface area contributed by atoms with E-state index in [0.29, 0.717) is 33.2 Å². The summed E-state index contributed by atoms with van der Waals surface area (Å²) in [6.07, 6.45) is 0. The highest BCUT2D eigenvalue weighted by Gasteiger charge is 2.30. The van der Waals surface area contributed by atoms with Gasteiger partial charge < -0.3 is 14.2 Å². The Kier molecular flexibility index (Phi) is 4.89. The maximum absolute atomic E-state index is 12.7. The molecule has 8 heteroatoms. The van der Waals surface area contributed by atoms with E-state index in [4.69, 9.17) is 14.2 Å². The van der Waals surface area contributed by atoms with Crippen LogP contribution in [0.5, 0.6) is 17.2 Å². The van der Waals surface area contributed by atoms with Gasteiger partial charge in [-0.2, -0.15) is 0 Å². The third kappa shape index (κ3) is 3.43. The van der Waals surface area contributed by atoms with Crippen molar-refractivity contribution in [2.24, 2.45) is 0 Å². The van der Waals surface area contributed by atoms with Gasteiger partial charge in [-0.3, -0.25) is 14.5 Å². The van der Waals surface area contributed by atoms with Gasteiger partial charge in [-0.05, 0) is 40.2 Å². The van der Waals surface area contributed by atoms with Crippen LogP contribution in [0, 0.1) is 0 Å². The Morgan fingerprint density at radius 2 is 2.08 bits per heavy atom. The molecule has 0 bridgehead atoms. The molecule has 1 amide bonds. The second-order valence-electron chi connectivity index (χ2n) is 5.21. The van der Waals surface area contributed by atoms with E-state index in [9.17, 15) is 9.59 Å². The number of halogens is 1. The number of ether oxygens (including phenoxy) is 3. The molecule has 0 saturated heterocycles. The first-order chi connectivity index (χ1) is 12.0. The van der Waals surface area contributed by atoms with Gasteiger partial charge in [0.25, 0.3) is 5.91 Å². The quantitative estimate of drug-likeness (QED) is 0.560. The normalized spacial score (nSPS) is 13.1. The number of aromatic nitrogens is 1. The zero-order valence-electron chi connectivity index (χ0n) is 13.6. The minimum absolute atomic E-state index is 0.136. The van der Waals surface area contributed by atoms with Gasteiger partial charge in [0.05, 0.1) is 26.3 Å². The van der Waals surface area contributed by atoms with Crippen LogP contribution in [0.2, 0.25) is 0 Å². The number of ketones is 1. The Bertz CT molecular complexity index is 840. The molecule has 0 atom stereocenters. The van der Waals surface area contributed by atoms with Crippen LogP contribution in [-0.2, 0) is 4.79 Å². The number of nitrogens with zero attached hydrogens (tertiary/aromatic N) is 2. The lowest BCUT2D eigenvalue weighted by atomic mass is 10.1. The molecule has 1 aromatic carbocycles. The lowest BCUT2D eigenvalue weighted by Gasteiger charge is -2.27. The molecule has 0 unspecified atom stereocenters. The summed E-state index contributed by atoms with van der Waals surface area (Å²) in [5, 5.41) is 0. The van der Waals surface area contributed by atoms with E-state index in [1.54, 1.807) is 30.3 Å². The van der Waals surface area contributed by atoms with Crippen LogP contribution in [0.25, 0.3) is 0 Å². The Balaban J connectivity index is 1.91. The third-order valence-electron chi connectivity index (χ3n) is 3.72. The Morgan fingerprint density at radius 3 is 2.80 bits per heavy atom. The Hall–Kier alpha value is -2.61. The SMILES string of the molecule is COc1ccc(C(=O)CN2C(=O)COc3ccc(Br)nc32)c(OC)c1. The number of methoxy groups -OCH3 is 2. The Morgan fingerprint density at radius 1 is 1.28 bits per heavy atom. The van der Waals surface area contributed by atoms with E-state index < -0.39 is 0 Å². The van der Waals surface area contributed by atoms with Gasteiger partial charge in [-0.1, -0.05) is 0 Å². The van der Waals surface area contributed by atoms with Gasteiger partial charge >= 0.3 is 0 Å². The van der Waals surface area contributed by atoms with Crippen LogP contribution < -0.4 is 19.1 Å². The second-order valence-corrected chi connectivity index (χ2v) is 6.03. The minimum atomic E-state index is -0.334. The van der Waals surface area contributed by atoms with E-state index in [0.717, 1.165) is 0 Å². The van der Waals surface area contributed by atoms with E-state index in [-0.39, 0.29) is 24.8 Å². The number of rotatable bonds is 5. The average Bonchev–Trinajstić information content (AvgIpc) is 2.63. The first-order valence-corrected chi connectivity index (χ1v) is 8.17. The molecule has 0 N–H and O–H groups in total. The van der Waals surface area contributed by atoms with E-state index in [2.05, 4.69) is 20.9 Å². The van der Waals surface area contributed by atoms with Gasteiger partial charge in [0.2, 0.25) is 0 Å². The van der Waals surface area contributed by atoms with Crippen molar-refractivity contribution in [1.82, 2.24) is 4.98 Å². The van der Waals surface area contributed by atoms with Crippen molar-refractivity contribution >= 4 is 33.4 Å². The summed E-state index contributed by atoms with van der Waals surface area (Å²) < 4.78 is 16.3. The number of hydrogen-bond donors (Lipinski definition) is 0. The van der Waals surface area contributed by atoms with Crippen LogP contribution in [0.1, 0.15) is 10.4 Å². The molecule has 0 fully saturated rings. The average molecular weight is 407 g/mol. The van der Waals surface area contributed by atoms with Gasteiger partial charge in [0, 0.05) is 6.07 Å². The number of pyridine rings is 1. The summed E-state index contributed by atoms with van der Waals surface area (Å²) in [6.45, 7) is -0.301. The smallest absolute Gasteiger partial charge is 0.266 e. The molecule has 0 aliphatic carbocycles. The minimum Gasteiger partial charge on any atom is -0.497 e. The number of amides is 1. The van der Waals surface area contributed by atoms with E-state index in [1.807, 2.05) is 0 Å². The molecule has 2 aromatic rings. The van der Waals surface area contributed by atoms with Gasteiger partial charge in [0.15, 0.2) is 24.0 Å². The fourth-order valence-electron chi connectivity index (χ4n) is 2.47. The first-order valence-electron chi connectivity index (χ1n) is 7.38. The molecule has 3 rings (SSSR count). The summed E-state index contributed by atoms with van der Waals surface area (Å²) in [7, 11) is 3.00. The van der Waals surface area contributed by atoms with Crippen molar-refractivity contribution in [2.45, 2.75) is 0 Å². The predicted octanol–water partition coefficient (Wildman–Crippen LogP) is 2.47. The van der Waals surface area contributed by atoms with Crippen LogP contribution in [-0.4, -0.2) is 44.0 Å². The standard InChI is InChI=1S/C17H15BrN2O5/c1-23-10-3-4-11(14(7-10)24-2)12(21)8-20-16(22)9-25-13-5-6-15(18)19-17(13)20/h3-7H,8-9H2,1-2H3. The summed E-state index contributed by atoms with van der Waals surface area (Å²) in [5.41, 5.74) is 0.360. The highest BCUT2D eigenvalue weighted by atomic mass is 79.9. The maximum Gasteiger partial charge on any atom is 0.266 e.